The lowest BCUT2D eigenvalue weighted by molar-refractivity contribution is -0.139. The summed E-state index contributed by atoms with van der Waals surface area (Å²) in [4.78, 5) is 16.7. The van der Waals surface area contributed by atoms with Gasteiger partial charge in [-0.3, -0.25) is 14.5 Å². The third-order valence-corrected chi connectivity index (χ3v) is 7.42. The average Bonchev–Trinajstić information content (AvgIpc) is 3.51. The summed E-state index contributed by atoms with van der Waals surface area (Å²) in [5.74, 6) is 4.22. The number of hydrogen-bond acceptors (Lipinski definition) is 7. The van der Waals surface area contributed by atoms with Crippen LogP contribution in [-0.2, 0) is 13.2 Å². The normalized spacial score (nSPS) is 16.0. The Morgan fingerprint density at radius 1 is 1.20 bits per heavy atom. The molecule has 1 aliphatic rings. The van der Waals surface area contributed by atoms with Gasteiger partial charge in [-0.05, 0) is 64.2 Å². The highest BCUT2D eigenvalue weighted by Crippen LogP contribution is 2.39. The minimum absolute atomic E-state index is 0.0670. The van der Waals surface area contributed by atoms with Gasteiger partial charge >= 0.3 is 6.18 Å². The fourth-order valence-corrected chi connectivity index (χ4v) is 4.80. The van der Waals surface area contributed by atoms with Crippen molar-refractivity contribution in [1.82, 2.24) is 14.7 Å². The number of amides is 1. The minimum Gasteiger partial charge on any atom is -0.397 e. The standard InChI is InChI=1S/C28H34F4N8O/c1-16-6-7-18(10-24(16)40(34)15-23(33)21-13-35-38(5)17(21)2)27(41)36-19-11-22(28(30,31)32)26(29)25(12-19)39-9-8-20(14-39)37(3)4/h6-7,10-13,15,20H,8-9,14,33-34H2,1-5H3,(H,36,41)/b23-15-. The molecule has 1 unspecified atom stereocenters. The molecule has 9 nitrogen and oxygen atoms in total. The van der Waals surface area contributed by atoms with Crippen molar-refractivity contribution in [2.24, 2.45) is 18.6 Å². The van der Waals surface area contributed by atoms with Gasteiger partial charge in [-0.25, -0.2) is 10.2 Å². The smallest absolute Gasteiger partial charge is 0.397 e. The van der Waals surface area contributed by atoms with Crippen LogP contribution in [0.1, 0.15) is 39.2 Å². The maximum atomic E-state index is 15.1. The number of aryl methyl sites for hydroxylation is 2. The molecule has 0 spiro atoms. The number of carbonyl (C=O) groups is 1. The number of likely N-dealkylation sites (N-methyl/N-ethyl adjacent to an activating group) is 1. The van der Waals surface area contributed by atoms with Gasteiger partial charge in [-0.2, -0.15) is 18.3 Å². The Bertz CT molecular complexity index is 1480. The number of halogens is 4. The van der Waals surface area contributed by atoms with Gasteiger partial charge in [-0.1, -0.05) is 6.07 Å². The summed E-state index contributed by atoms with van der Waals surface area (Å²) in [5, 5.41) is 7.94. The first-order valence-electron chi connectivity index (χ1n) is 12.9. The molecule has 1 fully saturated rings. The monoisotopic (exact) mass is 574 g/mol. The number of rotatable bonds is 7. The lowest BCUT2D eigenvalue weighted by Gasteiger charge is -2.24. The number of carbonyl (C=O) groups excluding carboxylic acids is 1. The average molecular weight is 575 g/mol. The Labute approximate surface area is 236 Å². The maximum absolute atomic E-state index is 15.1. The Balaban J connectivity index is 1.63. The van der Waals surface area contributed by atoms with Crippen molar-refractivity contribution in [1.29, 1.82) is 0 Å². The van der Waals surface area contributed by atoms with E-state index in [-0.39, 0.29) is 23.0 Å². The molecule has 2 heterocycles. The second kappa shape index (κ2) is 11.4. The van der Waals surface area contributed by atoms with Crippen LogP contribution in [0.4, 0.5) is 34.6 Å². The molecule has 13 heteroatoms. The van der Waals surface area contributed by atoms with Gasteiger partial charge in [0.05, 0.1) is 28.8 Å². The molecule has 1 amide bonds. The molecule has 0 radical (unpaired) electrons. The first-order valence-corrected chi connectivity index (χ1v) is 12.9. The lowest BCUT2D eigenvalue weighted by Crippen LogP contribution is -2.32. The number of anilines is 3. The van der Waals surface area contributed by atoms with Gasteiger partial charge < -0.3 is 20.9 Å². The predicted molar refractivity (Wildman–Crippen MR) is 152 cm³/mol. The summed E-state index contributed by atoms with van der Waals surface area (Å²) in [5.41, 5.74) is 7.60. The first kappa shape index (κ1) is 29.9. The number of hydrogen-bond donors (Lipinski definition) is 3. The number of hydrazine groups is 1. The summed E-state index contributed by atoms with van der Waals surface area (Å²) in [6.07, 6.45) is -1.17. The zero-order chi connectivity index (χ0) is 30.2. The summed E-state index contributed by atoms with van der Waals surface area (Å²) in [6, 6.07) is 6.61. The summed E-state index contributed by atoms with van der Waals surface area (Å²) in [7, 11) is 5.52. The molecular weight excluding hydrogens is 540 g/mol. The molecular formula is C28H34F4N8O. The minimum atomic E-state index is -4.95. The Morgan fingerprint density at radius 2 is 1.90 bits per heavy atom. The number of benzene rings is 2. The Hall–Kier alpha value is -4.10. The van der Waals surface area contributed by atoms with E-state index in [0.717, 1.165) is 11.3 Å². The van der Waals surface area contributed by atoms with Crippen molar-refractivity contribution in [3.8, 4) is 0 Å². The van der Waals surface area contributed by atoms with Crippen molar-refractivity contribution in [3.05, 3.63) is 76.5 Å². The summed E-state index contributed by atoms with van der Waals surface area (Å²) < 4.78 is 58.1. The third-order valence-electron chi connectivity index (χ3n) is 7.42. The zero-order valence-electron chi connectivity index (χ0n) is 23.6. The maximum Gasteiger partial charge on any atom is 0.419 e. The molecule has 1 aliphatic heterocycles. The molecule has 0 aliphatic carbocycles. The van der Waals surface area contributed by atoms with Crippen LogP contribution in [0.5, 0.6) is 0 Å². The largest absolute Gasteiger partial charge is 0.419 e. The molecule has 1 saturated heterocycles. The molecule has 5 N–H and O–H groups in total. The predicted octanol–water partition coefficient (Wildman–Crippen LogP) is 4.22. The van der Waals surface area contributed by atoms with Gasteiger partial charge in [0.1, 0.15) is 0 Å². The quantitative estimate of drug-likeness (QED) is 0.220. The van der Waals surface area contributed by atoms with Crippen LogP contribution in [0.15, 0.2) is 42.7 Å². The number of aromatic nitrogens is 2. The van der Waals surface area contributed by atoms with E-state index in [1.165, 1.54) is 29.4 Å². The second-order valence-electron chi connectivity index (χ2n) is 10.4. The highest BCUT2D eigenvalue weighted by molar-refractivity contribution is 6.05. The summed E-state index contributed by atoms with van der Waals surface area (Å²) in [6.45, 7) is 4.39. The molecule has 2 aromatic carbocycles. The Morgan fingerprint density at radius 3 is 2.49 bits per heavy atom. The number of nitrogens with two attached hydrogens (primary N) is 2. The number of nitrogens with one attached hydrogen (secondary N) is 1. The fourth-order valence-electron chi connectivity index (χ4n) is 4.80. The molecule has 1 atom stereocenters. The van der Waals surface area contributed by atoms with Gasteiger partial charge in [-0.15, -0.1) is 0 Å². The van der Waals surface area contributed by atoms with E-state index in [4.69, 9.17) is 11.6 Å². The molecule has 1 aromatic heterocycles. The van der Waals surface area contributed by atoms with E-state index in [0.29, 0.717) is 42.5 Å². The van der Waals surface area contributed by atoms with Gasteiger partial charge in [0, 0.05) is 54.9 Å². The molecule has 0 saturated carbocycles. The fraction of sp³-hybridized carbons (Fsp3) is 0.357. The van der Waals surface area contributed by atoms with Crippen molar-refractivity contribution in [2.75, 3.05) is 42.4 Å². The van der Waals surface area contributed by atoms with E-state index in [1.807, 2.05) is 25.9 Å². The van der Waals surface area contributed by atoms with Crippen LogP contribution in [0, 0.1) is 19.7 Å². The van der Waals surface area contributed by atoms with Crippen LogP contribution >= 0.6 is 0 Å². The molecule has 3 aromatic rings. The van der Waals surface area contributed by atoms with E-state index in [9.17, 15) is 18.0 Å². The molecule has 0 bridgehead atoms. The highest BCUT2D eigenvalue weighted by atomic mass is 19.4. The van der Waals surface area contributed by atoms with E-state index < -0.39 is 23.5 Å². The van der Waals surface area contributed by atoms with Crippen molar-refractivity contribution in [3.63, 3.8) is 0 Å². The SMILES string of the molecule is Cc1ccc(C(=O)Nc2cc(N3CCC(N(C)C)C3)c(F)c(C(F)(F)F)c2)cc1N(N)/C=C(\N)c1cnn(C)c1C. The van der Waals surface area contributed by atoms with E-state index in [1.54, 1.807) is 35.8 Å². The van der Waals surface area contributed by atoms with Gasteiger partial charge in [0.2, 0.25) is 0 Å². The van der Waals surface area contributed by atoms with Crippen molar-refractivity contribution in [2.45, 2.75) is 32.5 Å². The molecule has 41 heavy (non-hydrogen) atoms. The second-order valence-corrected chi connectivity index (χ2v) is 10.4. The van der Waals surface area contributed by atoms with Crippen LogP contribution in [0.3, 0.4) is 0 Å². The first-order chi connectivity index (χ1) is 19.2. The van der Waals surface area contributed by atoms with Gasteiger partial charge in [0.15, 0.2) is 5.82 Å². The summed E-state index contributed by atoms with van der Waals surface area (Å²) >= 11 is 0. The van der Waals surface area contributed by atoms with Crippen molar-refractivity contribution >= 4 is 28.7 Å². The Kier molecular flexibility index (Phi) is 8.31. The van der Waals surface area contributed by atoms with Crippen LogP contribution < -0.4 is 26.8 Å². The zero-order valence-corrected chi connectivity index (χ0v) is 23.6. The molecule has 4 rings (SSSR count). The lowest BCUT2D eigenvalue weighted by atomic mass is 10.1. The van der Waals surface area contributed by atoms with E-state index in [2.05, 4.69) is 10.4 Å². The van der Waals surface area contributed by atoms with Crippen molar-refractivity contribution < 1.29 is 22.4 Å². The number of nitrogens with zero attached hydrogens (tertiary/aromatic N) is 5. The van der Waals surface area contributed by atoms with Crippen LogP contribution in [0.25, 0.3) is 5.70 Å². The van der Waals surface area contributed by atoms with Gasteiger partial charge in [0.25, 0.3) is 5.91 Å². The third kappa shape index (κ3) is 6.30. The van der Waals surface area contributed by atoms with E-state index >= 15 is 4.39 Å². The topological polar surface area (TPSA) is 109 Å². The highest BCUT2D eigenvalue weighted by Gasteiger charge is 2.38. The molecule has 220 valence electrons. The van der Waals surface area contributed by atoms with Crippen LogP contribution in [0.2, 0.25) is 0 Å². The number of alkyl halides is 3. The van der Waals surface area contributed by atoms with Crippen LogP contribution in [-0.4, -0.2) is 53.8 Å².